The number of benzene rings is 2. The van der Waals surface area contributed by atoms with Gasteiger partial charge in [0.25, 0.3) is 0 Å². The van der Waals surface area contributed by atoms with Crippen LogP contribution in [-0.2, 0) is 6.54 Å². The molecule has 0 aliphatic heterocycles. The highest BCUT2D eigenvalue weighted by atomic mass is 35.5. The number of pyridine rings is 1. The summed E-state index contributed by atoms with van der Waals surface area (Å²) < 4.78 is 2.36. The van der Waals surface area contributed by atoms with Crippen molar-refractivity contribution in [3.63, 3.8) is 0 Å². The minimum absolute atomic E-state index is 0. The number of aromatic carboxylic acids is 1. The monoisotopic (exact) mass is 424 g/mol. The van der Waals surface area contributed by atoms with E-state index < -0.39 is 5.97 Å². The smallest absolute Gasteiger partial charge is 0.335 e. The van der Waals surface area contributed by atoms with Crippen molar-refractivity contribution in [2.75, 3.05) is 5.75 Å². The van der Waals surface area contributed by atoms with Gasteiger partial charge in [-0.25, -0.2) is 4.79 Å². The fourth-order valence-corrected chi connectivity index (χ4v) is 4.37. The molecular weight excluding hydrogens is 404 g/mol. The lowest BCUT2D eigenvalue weighted by Crippen LogP contribution is -2.03. The van der Waals surface area contributed by atoms with Crippen LogP contribution in [0.1, 0.15) is 15.9 Å². The molecule has 148 valence electrons. The molecule has 0 aliphatic rings. The zero-order valence-corrected chi connectivity index (χ0v) is 17.5. The lowest BCUT2D eigenvalue weighted by Gasteiger charge is -2.12. The molecule has 4 nitrogen and oxygen atoms in total. The summed E-state index contributed by atoms with van der Waals surface area (Å²) in [5, 5.41) is 10.3. The van der Waals surface area contributed by atoms with Gasteiger partial charge in [-0.15, -0.1) is 24.2 Å². The molecule has 6 heteroatoms. The fourth-order valence-electron chi connectivity index (χ4n) is 3.53. The Morgan fingerprint density at radius 2 is 1.83 bits per heavy atom. The molecule has 0 unspecified atom stereocenters. The molecule has 1 N–H and O–H groups in total. The summed E-state index contributed by atoms with van der Waals surface area (Å²) in [6.45, 7) is 3.02. The number of carboxylic acids is 1. The second-order valence-electron chi connectivity index (χ2n) is 6.56. The normalized spacial score (nSPS) is 10.7. The highest BCUT2D eigenvalue weighted by Crippen LogP contribution is 2.33. The van der Waals surface area contributed by atoms with E-state index in [1.807, 2.05) is 24.4 Å². The van der Waals surface area contributed by atoms with Crippen LogP contribution in [0, 0.1) is 6.92 Å². The summed E-state index contributed by atoms with van der Waals surface area (Å²) in [6, 6.07) is 19.6. The Labute approximate surface area is 180 Å². The topological polar surface area (TPSA) is 55.1 Å². The Hall–Kier alpha value is -2.76. The number of aromatic nitrogens is 2. The molecule has 2 aromatic carbocycles. The van der Waals surface area contributed by atoms with Gasteiger partial charge in [-0.05, 0) is 55.0 Å². The predicted octanol–water partition coefficient (Wildman–Crippen LogP) is 5.92. The van der Waals surface area contributed by atoms with Crippen molar-refractivity contribution in [3.05, 3.63) is 84.2 Å². The van der Waals surface area contributed by atoms with Crippen LogP contribution in [0.4, 0.5) is 0 Å². The molecule has 0 radical (unpaired) electrons. The summed E-state index contributed by atoms with van der Waals surface area (Å²) in [5.41, 5.74) is 5.12. The maximum Gasteiger partial charge on any atom is 0.335 e. The maximum absolute atomic E-state index is 11.0. The van der Waals surface area contributed by atoms with E-state index in [0.717, 1.165) is 22.8 Å². The van der Waals surface area contributed by atoms with Crippen molar-refractivity contribution < 1.29 is 9.90 Å². The van der Waals surface area contributed by atoms with Crippen molar-refractivity contribution in [1.82, 2.24) is 9.55 Å². The number of thioether (sulfide) groups is 1. The average molecular weight is 425 g/mol. The first-order valence-electron chi connectivity index (χ1n) is 9.09. The van der Waals surface area contributed by atoms with E-state index in [4.69, 9.17) is 5.11 Å². The summed E-state index contributed by atoms with van der Waals surface area (Å²) in [7, 11) is 0. The fraction of sp³-hybridized carbons (Fsp3) is 0.130. The zero-order chi connectivity index (χ0) is 19.5. The molecule has 2 heterocycles. The summed E-state index contributed by atoms with van der Waals surface area (Å²) in [5.74, 6) is -0.00964. The van der Waals surface area contributed by atoms with Crippen LogP contribution in [0.3, 0.4) is 0 Å². The second kappa shape index (κ2) is 9.16. The molecule has 0 atom stereocenters. The molecule has 0 aliphatic carbocycles. The number of hydrogen-bond donors (Lipinski definition) is 1. The number of halogens is 1. The first-order chi connectivity index (χ1) is 13.6. The number of nitrogens with zero attached hydrogens (tertiary/aromatic N) is 2. The first-order valence-corrected chi connectivity index (χ1v) is 10.1. The Morgan fingerprint density at radius 3 is 2.52 bits per heavy atom. The second-order valence-corrected chi connectivity index (χ2v) is 7.73. The van der Waals surface area contributed by atoms with Gasteiger partial charge in [0, 0.05) is 46.1 Å². The molecular formula is C23H21ClN2O2S. The minimum Gasteiger partial charge on any atom is -0.478 e. The summed E-state index contributed by atoms with van der Waals surface area (Å²) in [6.07, 6.45) is 3.71. The Kier molecular flexibility index (Phi) is 6.62. The van der Waals surface area contributed by atoms with E-state index in [-0.39, 0.29) is 12.4 Å². The maximum atomic E-state index is 11.0. The predicted molar refractivity (Wildman–Crippen MR) is 121 cm³/mol. The molecule has 0 bridgehead atoms. The Balaban J connectivity index is 0.00000240. The van der Waals surface area contributed by atoms with Crippen molar-refractivity contribution in [3.8, 4) is 11.3 Å². The third-order valence-electron chi connectivity index (χ3n) is 4.84. The van der Waals surface area contributed by atoms with Gasteiger partial charge in [0.2, 0.25) is 0 Å². The van der Waals surface area contributed by atoms with Gasteiger partial charge in [0.1, 0.15) is 0 Å². The van der Waals surface area contributed by atoms with Crippen molar-refractivity contribution in [2.45, 2.75) is 18.4 Å². The van der Waals surface area contributed by atoms with Gasteiger partial charge in [-0.2, -0.15) is 0 Å². The zero-order valence-electron chi connectivity index (χ0n) is 15.9. The largest absolute Gasteiger partial charge is 0.478 e. The van der Waals surface area contributed by atoms with Crippen LogP contribution in [0.25, 0.3) is 22.2 Å². The molecule has 29 heavy (non-hydrogen) atoms. The van der Waals surface area contributed by atoms with Crippen molar-refractivity contribution >= 4 is 41.0 Å². The molecule has 2 aromatic heterocycles. The molecule has 4 rings (SSSR count). The molecule has 0 saturated heterocycles. The van der Waals surface area contributed by atoms with Gasteiger partial charge < -0.3 is 9.67 Å². The highest BCUT2D eigenvalue weighted by molar-refractivity contribution is 7.99. The number of aryl methyl sites for hydroxylation is 2. The van der Waals surface area contributed by atoms with Gasteiger partial charge in [0.05, 0.1) is 11.3 Å². The van der Waals surface area contributed by atoms with Crippen molar-refractivity contribution in [1.29, 1.82) is 0 Å². The third-order valence-corrected chi connectivity index (χ3v) is 5.84. The lowest BCUT2D eigenvalue weighted by atomic mass is 10.1. The van der Waals surface area contributed by atoms with E-state index in [0.29, 0.717) is 5.56 Å². The van der Waals surface area contributed by atoms with Gasteiger partial charge in [0.15, 0.2) is 0 Å². The van der Waals surface area contributed by atoms with Crippen LogP contribution >= 0.6 is 24.2 Å². The molecule has 0 amide bonds. The number of para-hydroxylation sites is 1. The summed E-state index contributed by atoms with van der Waals surface area (Å²) >= 11 is 1.73. The first kappa shape index (κ1) is 21.0. The van der Waals surface area contributed by atoms with E-state index in [1.165, 1.54) is 22.2 Å². The van der Waals surface area contributed by atoms with Gasteiger partial charge in [-0.1, -0.05) is 18.2 Å². The van der Waals surface area contributed by atoms with Crippen LogP contribution in [0.5, 0.6) is 0 Å². The molecule has 0 fully saturated rings. The number of carbonyl (C=O) groups is 1. The standard InChI is InChI=1S/C23H20N2O2S.ClH/c1-16-20-6-2-3-7-21(20)25(22(16)18-5-4-12-24-15-18)13-14-28-19-10-8-17(9-11-19)23(26)27;/h2-12,15H,13-14H2,1H3,(H,26,27);1H. The molecule has 0 spiro atoms. The van der Waals surface area contributed by atoms with E-state index >= 15 is 0 Å². The Bertz CT molecular complexity index is 1130. The number of carboxylic acid groups (broad SMARTS) is 1. The number of rotatable bonds is 6. The van der Waals surface area contributed by atoms with E-state index in [2.05, 4.69) is 46.8 Å². The summed E-state index contributed by atoms with van der Waals surface area (Å²) in [4.78, 5) is 16.4. The third kappa shape index (κ3) is 4.31. The van der Waals surface area contributed by atoms with Gasteiger partial charge in [-0.3, -0.25) is 4.98 Å². The SMILES string of the molecule is Cc1c(-c2cccnc2)n(CCSc2ccc(C(=O)O)cc2)c2ccccc12.Cl. The Morgan fingerprint density at radius 1 is 1.07 bits per heavy atom. The molecule has 0 saturated carbocycles. The lowest BCUT2D eigenvalue weighted by molar-refractivity contribution is 0.0697. The number of fused-ring (bicyclic) bond motifs is 1. The van der Waals surface area contributed by atoms with E-state index in [9.17, 15) is 4.79 Å². The average Bonchev–Trinajstić information content (AvgIpc) is 3.01. The highest BCUT2D eigenvalue weighted by Gasteiger charge is 2.15. The van der Waals surface area contributed by atoms with Crippen molar-refractivity contribution in [2.24, 2.45) is 0 Å². The van der Waals surface area contributed by atoms with Crippen LogP contribution in [-0.4, -0.2) is 26.4 Å². The van der Waals surface area contributed by atoms with Crippen LogP contribution < -0.4 is 0 Å². The minimum atomic E-state index is -0.896. The quantitative estimate of drug-likeness (QED) is 0.390. The van der Waals surface area contributed by atoms with E-state index in [1.54, 1.807) is 30.1 Å². The van der Waals surface area contributed by atoms with Gasteiger partial charge >= 0.3 is 5.97 Å². The van der Waals surface area contributed by atoms with Crippen LogP contribution in [0.2, 0.25) is 0 Å². The number of hydrogen-bond acceptors (Lipinski definition) is 3. The molecule has 4 aromatic rings. The van der Waals surface area contributed by atoms with Crippen LogP contribution in [0.15, 0.2) is 78.0 Å².